The minimum atomic E-state index is 0. The zero-order valence-electron chi connectivity index (χ0n) is 14.9. The summed E-state index contributed by atoms with van der Waals surface area (Å²) in [6.45, 7) is 3.20. The van der Waals surface area contributed by atoms with E-state index in [1.165, 1.54) is 0 Å². The van der Waals surface area contributed by atoms with Gasteiger partial charge in [-0.25, -0.2) is 0 Å². The Hall–Kier alpha value is -1.80. The lowest BCUT2D eigenvalue weighted by Gasteiger charge is -2.15. The summed E-state index contributed by atoms with van der Waals surface area (Å²) in [7, 11) is 3.35. The second kappa shape index (κ2) is 10.9. The van der Waals surface area contributed by atoms with Crippen molar-refractivity contribution in [1.82, 2.24) is 0 Å². The summed E-state index contributed by atoms with van der Waals surface area (Å²) in [5.41, 5.74) is 9.10. The Morgan fingerprint density at radius 3 is 2.52 bits per heavy atom. The van der Waals surface area contributed by atoms with Gasteiger partial charge < -0.3 is 20.5 Å². The van der Waals surface area contributed by atoms with Crippen molar-refractivity contribution in [2.75, 3.05) is 26.1 Å². The molecule has 2 rings (SSSR count). The molecule has 0 heterocycles. The predicted molar refractivity (Wildman–Crippen MR) is 114 cm³/mol. The Morgan fingerprint density at radius 1 is 1.12 bits per heavy atom. The number of rotatable bonds is 7. The average molecular weight is 455 g/mol. The number of methoxy groups -OCH3 is 2. The van der Waals surface area contributed by atoms with E-state index in [0.717, 1.165) is 22.6 Å². The van der Waals surface area contributed by atoms with Gasteiger partial charge in [0, 0.05) is 30.8 Å². The van der Waals surface area contributed by atoms with Gasteiger partial charge in [-0.05, 0) is 17.7 Å². The molecule has 0 aliphatic carbocycles. The van der Waals surface area contributed by atoms with Gasteiger partial charge in [-0.2, -0.15) is 0 Å². The second-order valence-corrected chi connectivity index (χ2v) is 5.58. The van der Waals surface area contributed by atoms with Crippen molar-refractivity contribution in [2.45, 2.75) is 19.4 Å². The van der Waals surface area contributed by atoms with Crippen LogP contribution in [-0.4, -0.2) is 26.7 Å². The summed E-state index contributed by atoms with van der Waals surface area (Å²) in [6, 6.07) is 15.8. The Bertz CT molecular complexity index is 692. The van der Waals surface area contributed by atoms with E-state index in [4.69, 9.17) is 15.2 Å². The fourth-order valence-electron chi connectivity index (χ4n) is 2.51. The zero-order valence-corrected chi connectivity index (χ0v) is 17.2. The SMILES string of the molecule is COCc1ccccc1NC(N)=NCC(C)c1ccccc1OC.I. The molecule has 6 heteroatoms. The highest BCUT2D eigenvalue weighted by Gasteiger charge is 2.10. The van der Waals surface area contributed by atoms with Crippen LogP contribution in [-0.2, 0) is 11.3 Å². The molecule has 0 saturated heterocycles. The van der Waals surface area contributed by atoms with E-state index in [2.05, 4.69) is 23.3 Å². The van der Waals surface area contributed by atoms with Gasteiger partial charge in [0.05, 0.1) is 13.7 Å². The molecule has 0 aromatic heterocycles. The van der Waals surface area contributed by atoms with Crippen LogP contribution < -0.4 is 15.8 Å². The summed E-state index contributed by atoms with van der Waals surface area (Å²) >= 11 is 0. The molecule has 1 unspecified atom stereocenters. The number of benzene rings is 2. The number of guanidine groups is 1. The summed E-state index contributed by atoms with van der Waals surface area (Å²) in [6.07, 6.45) is 0. The number of para-hydroxylation sites is 2. The highest BCUT2D eigenvalue weighted by molar-refractivity contribution is 14.0. The summed E-state index contributed by atoms with van der Waals surface area (Å²) in [5, 5.41) is 3.15. The van der Waals surface area contributed by atoms with Crippen LogP contribution >= 0.6 is 24.0 Å². The molecule has 5 nitrogen and oxygen atoms in total. The Balaban J connectivity index is 0.00000312. The monoisotopic (exact) mass is 455 g/mol. The molecule has 2 aromatic rings. The molecule has 0 radical (unpaired) electrons. The molecule has 0 amide bonds. The highest BCUT2D eigenvalue weighted by Crippen LogP contribution is 2.26. The number of hydrogen-bond donors (Lipinski definition) is 2. The number of ether oxygens (including phenoxy) is 2. The number of hydrogen-bond acceptors (Lipinski definition) is 3. The topological polar surface area (TPSA) is 68.9 Å². The molecule has 0 fully saturated rings. The minimum Gasteiger partial charge on any atom is -0.496 e. The molecule has 2 aromatic carbocycles. The van der Waals surface area contributed by atoms with E-state index in [0.29, 0.717) is 19.1 Å². The lowest BCUT2D eigenvalue weighted by Crippen LogP contribution is -2.24. The first-order valence-electron chi connectivity index (χ1n) is 7.92. The maximum absolute atomic E-state index is 6.03. The molecule has 25 heavy (non-hydrogen) atoms. The number of nitrogens with one attached hydrogen (secondary N) is 1. The first kappa shape index (κ1) is 21.2. The van der Waals surface area contributed by atoms with Crippen LogP contribution in [0.2, 0.25) is 0 Å². The van der Waals surface area contributed by atoms with Crippen molar-refractivity contribution < 1.29 is 9.47 Å². The van der Waals surface area contributed by atoms with Crippen molar-refractivity contribution in [1.29, 1.82) is 0 Å². The van der Waals surface area contributed by atoms with Crippen LogP contribution in [0.5, 0.6) is 5.75 Å². The molecule has 0 bridgehead atoms. The van der Waals surface area contributed by atoms with E-state index in [9.17, 15) is 0 Å². The van der Waals surface area contributed by atoms with Gasteiger partial charge in [0.2, 0.25) is 0 Å². The maximum Gasteiger partial charge on any atom is 0.193 e. The van der Waals surface area contributed by atoms with E-state index in [1.54, 1.807) is 14.2 Å². The number of halogens is 1. The first-order valence-corrected chi connectivity index (χ1v) is 7.92. The highest BCUT2D eigenvalue weighted by atomic mass is 127. The summed E-state index contributed by atoms with van der Waals surface area (Å²) in [5.74, 6) is 1.47. The number of nitrogens with two attached hydrogens (primary N) is 1. The van der Waals surface area contributed by atoms with Gasteiger partial charge in [0.1, 0.15) is 5.75 Å². The minimum absolute atomic E-state index is 0. The van der Waals surface area contributed by atoms with E-state index in [-0.39, 0.29) is 29.9 Å². The van der Waals surface area contributed by atoms with Crippen LogP contribution in [0.3, 0.4) is 0 Å². The third kappa shape index (κ3) is 6.21. The Kier molecular flexibility index (Phi) is 9.30. The Labute approximate surface area is 166 Å². The fourth-order valence-corrected chi connectivity index (χ4v) is 2.51. The van der Waals surface area contributed by atoms with Crippen molar-refractivity contribution in [3.05, 3.63) is 59.7 Å². The molecule has 0 saturated carbocycles. The standard InChI is InChI=1S/C19H25N3O2.HI/c1-14(16-9-5-7-11-18(16)24-3)12-21-19(20)22-17-10-6-4-8-15(17)13-23-2;/h4-11,14H,12-13H2,1-3H3,(H3,20,21,22);1H. The molecule has 0 spiro atoms. The predicted octanol–water partition coefficient (Wildman–Crippen LogP) is 3.99. The van der Waals surface area contributed by atoms with Crippen LogP contribution in [0.25, 0.3) is 0 Å². The van der Waals surface area contributed by atoms with Gasteiger partial charge in [0.15, 0.2) is 5.96 Å². The fraction of sp³-hybridized carbons (Fsp3) is 0.316. The number of aliphatic imine (C=N–C) groups is 1. The molecule has 3 N–H and O–H groups in total. The molecule has 136 valence electrons. The molecule has 1 atom stereocenters. The first-order chi connectivity index (χ1) is 11.7. The molecular weight excluding hydrogens is 429 g/mol. The van der Waals surface area contributed by atoms with Gasteiger partial charge in [-0.15, -0.1) is 24.0 Å². The zero-order chi connectivity index (χ0) is 17.4. The van der Waals surface area contributed by atoms with Crippen LogP contribution in [0, 0.1) is 0 Å². The van der Waals surface area contributed by atoms with Gasteiger partial charge >= 0.3 is 0 Å². The maximum atomic E-state index is 6.03. The van der Waals surface area contributed by atoms with Crippen LogP contribution in [0.4, 0.5) is 5.69 Å². The normalized spacial score (nSPS) is 12.2. The molecule has 0 aliphatic rings. The third-order valence-electron chi connectivity index (χ3n) is 3.79. The van der Waals surface area contributed by atoms with Gasteiger partial charge in [0.25, 0.3) is 0 Å². The number of nitrogens with zero attached hydrogens (tertiary/aromatic N) is 1. The smallest absolute Gasteiger partial charge is 0.193 e. The van der Waals surface area contributed by atoms with E-state index >= 15 is 0 Å². The molecular formula is C19H26IN3O2. The summed E-state index contributed by atoms with van der Waals surface area (Å²) in [4.78, 5) is 4.46. The van der Waals surface area contributed by atoms with Crippen molar-refractivity contribution >= 4 is 35.6 Å². The van der Waals surface area contributed by atoms with Gasteiger partial charge in [-0.3, -0.25) is 4.99 Å². The van der Waals surface area contributed by atoms with Gasteiger partial charge in [-0.1, -0.05) is 43.3 Å². The van der Waals surface area contributed by atoms with Crippen molar-refractivity contribution in [3.8, 4) is 5.75 Å². The second-order valence-electron chi connectivity index (χ2n) is 5.58. The van der Waals surface area contributed by atoms with Crippen LogP contribution in [0.15, 0.2) is 53.5 Å². The van der Waals surface area contributed by atoms with Crippen molar-refractivity contribution in [3.63, 3.8) is 0 Å². The Morgan fingerprint density at radius 2 is 1.80 bits per heavy atom. The third-order valence-corrected chi connectivity index (χ3v) is 3.79. The quantitative estimate of drug-likeness (QED) is 0.377. The van der Waals surface area contributed by atoms with E-state index in [1.807, 2.05) is 42.5 Å². The van der Waals surface area contributed by atoms with Crippen molar-refractivity contribution in [2.24, 2.45) is 10.7 Å². The lowest BCUT2D eigenvalue weighted by atomic mass is 10.0. The van der Waals surface area contributed by atoms with E-state index < -0.39 is 0 Å². The van der Waals surface area contributed by atoms with Crippen LogP contribution in [0.1, 0.15) is 24.0 Å². The largest absolute Gasteiger partial charge is 0.496 e. The average Bonchev–Trinajstić information content (AvgIpc) is 2.61. The number of anilines is 1. The molecule has 0 aliphatic heterocycles. The summed E-state index contributed by atoms with van der Waals surface area (Å²) < 4.78 is 10.6. The lowest BCUT2D eigenvalue weighted by molar-refractivity contribution is 0.185.